The van der Waals surface area contributed by atoms with Gasteiger partial charge in [0.25, 0.3) is 0 Å². The van der Waals surface area contributed by atoms with E-state index < -0.39 is 18.2 Å². The predicted molar refractivity (Wildman–Crippen MR) is 59.0 cm³/mol. The highest BCUT2D eigenvalue weighted by molar-refractivity contribution is 6.38. The van der Waals surface area contributed by atoms with Crippen LogP contribution in [0.2, 0.25) is 0 Å². The minimum atomic E-state index is -0.983. The lowest BCUT2D eigenvalue weighted by Gasteiger charge is -2.12. The molecule has 90 valence electrons. The van der Waals surface area contributed by atoms with E-state index >= 15 is 0 Å². The summed E-state index contributed by atoms with van der Waals surface area (Å²) in [6.45, 7) is 5.56. The van der Waals surface area contributed by atoms with E-state index in [1.54, 1.807) is 13.0 Å². The van der Waals surface area contributed by atoms with Gasteiger partial charge in [-0.2, -0.15) is 0 Å². The SMILES string of the molecule is C=CCCC[C@@H]1ON=C(C(=O)OCC)[C@@H]1O. The first-order valence-electron chi connectivity index (χ1n) is 5.40. The molecule has 0 aromatic rings. The highest BCUT2D eigenvalue weighted by atomic mass is 16.7. The van der Waals surface area contributed by atoms with Crippen molar-refractivity contribution in [2.24, 2.45) is 5.16 Å². The summed E-state index contributed by atoms with van der Waals surface area (Å²) in [6.07, 6.45) is 2.70. The minimum absolute atomic E-state index is 0.0366. The van der Waals surface area contributed by atoms with Gasteiger partial charge in [-0.05, 0) is 26.2 Å². The van der Waals surface area contributed by atoms with E-state index in [0.29, 0.717) is 6.42 Å². The Balaban J connectivity index is 2.42. The zero-order valence-electron chi connectivity index (χ0n) is 9.39. The van der Waals surface area contributed by atoms with E-state index in [0.717, 1.165) is 12.8 Å². The van der Waals surface area contributed by atoms with Gasteiger partial charge < -0.3 is 14.7 Å². The fraction of sp³-hybridized carbons (Fsp3) is 0.636. The molecule has 0 spiro atoms. The van der Waals surface area contributed by atoms with E-state index in [9.17, 15) is 9.90 Å². The third-order valence-corrected chi connectivity index (χ3v) is 2.30. The van der Waals surface area contributed by atoms with Crippen molar-refractivity contribution in [2.75, 3.05) is 6.61 Å². The van der Waals surface area contributed by atoms with Crippen LogP contribution in [0.25, 0.3) is 0 Å². The molecule has 0 radical (unpaired) electrons. The van der Waals surface area contributed by atoms with Gasteiger partial charge in [0.15, 0.2) is 11.8 Å². The van der Waals surface area contributed by atoms with Crippen molar-refractivity contribution < 1.29 is 19.5 Å². The number of esters is 1. The molecule has 0 aliphatic carbocycles. The second-order valence-electron chi connectivity index (χ2n) is 3.51. The summed E-state index contributed by atoms with van der Waals surface area (Å²) in [6, 6.07) is 0. The molecule has 0 aromatic carbocycles. The van der Waals surface area contributed by atoms with E-state index in [-0.39, 0.29) is 12.3 Å². The predicted octanol–water partition coefficient (Wildman–Crippen LogP) is 1.02. The normalized spacial score (nSPS) is 23.5. The number of ether oxygens (including phenoxy) is 1. The molecule has 2 atom stereocenters. The Bertz CT molecular complexity index is 288. The number of unbranched alkanes of at least 4 members (excludes halogenated alkanes) is 1. The Morgan fingerprint density at radius 2 is 2.50 bits per heavy atom. The standard InChI is InChI=1S/C11H17NO4/c1-3-5-6-7-8-10(13)9(12-16-8)11(14)15-4-2/h3,8,10,13H,1,4-7H2,2H3/t8-,10+/m0/s1. The fourth-order valence-electron chi connectivity index (χ4n) is 1.45. The molecule has 1 N–H and O–H groups in total. The molecule has 5 heteroatoms. The number of oxime groups is 1. The van der Waals surface area contributed by atoms with Crippen molar-refractivity contribution in [1.82, 2.24) is 0 Å². The maximum atomic E-state index is 11.3. The van der Waals surface area contributed by atoms with Crippen molar-refractivity contribution in [2.45, 2.75) is 38.4 Å². The van der Waals surface area contributed by atoms with Crippen LogP contribution in [0.1, 0.15) is 26.2 Å². The van der Waals surface area contributed by atoms with Crippen LogP contribution in [0, 0.1) is 0 Å². The molecule has 16 heavy (non-hydrogen) atoms. The molecule has 0 aromatic heterocycles. The van der Waals surface area contributed by atoms with Gasteiger partial charge in [-0.25, -0.2) is 4.79 Å². The summed E-state index contributed by atoms with van der Waals surface area (Å²) in [5.41, 5.74) is -0.0366. The van der Waals surface area contributed by atoms with Crippen LogP contribution in [0.15, 0.2) is 17.8 Å². The van der Waals surface area contributed by atoms with Crippen molar-refractivity contribution in [3.05, 3.63) is 12.7 Å². The van der Waals surface area contributed by atoms with Gasteiger partial charge in [-0.15, -0.1) is 6.58 Å². The van der Waals surface area contributed by atoms with Gasteiger partial charge in [0.1, 0.15) is 6.10 Å². The second-order valence-corrected chi connectivity index (χ2v) is 3.51. The summed E-state index contributed by atoms with van der Waals surface area (Å²) in [5, 5.41) is 13.3. The number of allylic oxidation sites excluding steroid dienone is 1. The topological polar surface area (TPSA) is 68.1 Å². The lowest BCUT2D eigenvalue weighted by Crippen LogP contribution is -2.34. The first kappa shape index (κ1) is 12.7. The molecule has 1 rings (SSSR count). The number of hydrogen-bond acceptors (Lipinski definition) is 5. The summed E-state index contributed by atoms with van der Waals surface area (Å²) in [5.74, 6) is -0.610. The molecular weight excluding hydrogens is 210 g/mol. The average molecular weight is 227 g/mol. The van der Waals surface area contributed by atoms with E-state index in [4.69, 9.17) is 9.57 Å². The van der Waals surface area contributed by atoms with E-state index in [1.807, 2.05) is 0 Å². The van der Waals surface area contributed by atoms with Crippen LogP contribution in [0.5, 0.6) is 0 Å². The molecule has 1 heterocycles. The second kappa shape index (κ2) is 6.27. The summed E-state index contributed by atoms with van der Waals surface area (Å²) in [7, 11) is 0. The van der Waals surface area contributed by atoms with Gasteiger partial charge in [-0.3, -0.25) is 0 Å². The lowest BCUT2D eigenvalue weighted by molar-refractivity contribution is -0.135. The zero-order valence-corrected chi connectivity index (χ0v) is 9.39. The van der Waals surface area contributed by atoms with E-state index in [1.165, 1.54) is 0 Å². The Morgan fingerprint density at radius 1 is 1.75 bits per heavy atom. The smallest absolute Gasteiger partial charge is 0.359 e. The van der Waals surface area contributed by atoms with Gasteiger partial charge in [-0.1, -0.05) is 11.2 Å². The molecule has 1 aliphatic rings. The zero-order chi connectivity index (χ0) is 12.0. The number of rotatable bonds is 6. The third kappa shape index (κ3) is 3.06. The highest BCUT2D eigenvalue weighted by Crippen LogP contribution is 2.18. The van der Waals surface area contributed by atoms with Gasteiger partial charge in [0.05, 0.1) is 6.61 Å². The van der Waals surface area contributed by atoms with Crippen LogP contribution in [-0.2, 0) is 14.4 Å². The molecule has 0 bridgehead atoms. The monoisotopic (exact) mass is 227 g/mol. The Labute approximate surface area is 94.7 Å². The van der Waals surface area contributed by atoms with Crippen LogP contribution in [-0.4, -0.2) is 35.6 Å². The van der Waals surface area contributed by atoms with Crippen LogP contribution in [0.3, 0.4) is 0 Å². The lowest BCUT2D eigenvalue weighted by atomic mass is 10.0. The van der Waals surface area contributed by atoms with E-state index in [2.05, 4.69) is 11.7 Å². The number of hydrogen-bond donors (Lipinski definition) is 1. The summed E-state index contributed by atoms with van der Waals surface area (Å²) >= 11 is 0. The summed E-state index contributed by atoms with van der Waals surface area (Å²) < 4.78 is 4.74. The molecule has 0 saturated heterocycles. The number of aliphatic hydroxyl groups excluding tert-OH is 1. The molecule has 0 fully saturated rings. The minimum Gasteiger partial charge on any atom is -0.461 e. The average Bonchev–Trinajstić information content (AvgIpc) is 2.61. The van der Waals surface area contributed by atoms with Crippen LogP contribution >= 0.6 is 0 Å². The first-order valence-corrected chi connectivity index (χ1v) is 5.40. The van der Waals surface area contributed by atoms with Crippen molar-refractivity contribution in [3.63, 3.8) is 0 Å². The molecule has 0 unspecified atom stereocenters. The largest absolute Gasteiger partial charge is 0.461 e. The number of nitrogens with zero attached hydrogens (tertiary/aromatic N) is 1. The maximum absolute atomic E-state index is 11.3. The Morgan fingerprint density at radius 3 is 3.12 bits per heavy atom. The highest BCUT2D eigenvalue weighted by Gasteiger charge is 2.36. The Kier molecular flexibility index (Phi) is 4.98. The molecular formula is C11H17NO4. The van der Waals surface area contributed by atoms with Crippen molar-refractivity contribution >= 4 is 11.7 Å². The molecule has 0 amide bonds. The first-order chi connectivity index (χ1) is 7.70. The van der Waals surface area contributed by atoms with Crippen molar-refractivity contribution in [3.8, 4) is 0 Å². The van der Waals surface area contributed by atoms with Gasteiger partial charge >= 0.3 is 5.97 Å². The number of aliphatic hydroxyl groups is 1. The van der Waals surface area contributed by atoms with Gasteiger partial charge in [0, 0.05) is 0 Å². The number of carbonyl (C=O) groups is 1. The molecule has 0 saturated carbocycles. The molecule has 1 aliphatic heterocycles. The van der Waals surface area contributed by atoms with Crippen molar-refractivity contribution in [1.29, 1.82) is 0 Å². The van der Waals surface area contributed by atoms with Crippen LogP contribution < -0.4 is 0 Å². The third-order valence-electron chi connectivity index (χ3n) is 2.30. The van der Waals surface area contributed by atoms with Gasteiger partial charge in [0.2, 0.25) is 0 Å². The van der Waals surface area contributed by atoms with Crippen LogP contribution in [0.4, 0.5) is 0 Å². The number of carbonyl (C=O) groups excluding carboxylic acids is 1. The molecule has 5 nitrogen and oxygen atoms in total. The quantitative estimate of drug-likeness (QED) is 0.418. The Hall–Kier alpha value is -1.36. The fourth-order valence-corrected chi connectivity index (χ4v) is 1.45. The maximum Gasteiger partial charge on any atom is 0.359 e. The summed E-state index contributed by atoms with van der Waals surface area (Å²) in [4.78, 5) is 16.3.